The first kappa shape index (κ1) is 20.7. The highest BCUT2D eigenvalue weighted by Crippen LogP contribution is 2.47. The van der Waals surface area contributed by atoms with Crippen LogP contribution in [0.4, 0.5) is 4.79 Å². The Bertz CT molecular complexity index is 907. The van der Waals surface area contributed by atoms with Gasteiger partial charge in [0.1, 0.15) is 11.2 Å². The van der Waals surface area contributed by atoms with E-state index in [1.165, 1.54) is 10.9 Å². The molecule has 4 rings (SSSR count). The topological polar surface area (TPSA) is 47.4 Å². The summed E-state index contributed by atoms with van der Waals surface area (Å²) in [6.07, 6.45) is 10.8. The van der Waals surface area contributed by atoms with Crippen molar-refractivity contribution in [3.8, 4) is 0 Å². The lowest BCUT2D eigenvalue weighted by molar-refractivity contribution is 0.0258. The van der Waals surface area contributed by atoms with Crippen LogP contribution in [0.3, 0.4) is 0 Å². The molecule has 1 saturated heterocycles. The fourth-order valence-corrected chi connectivity index (χ4v) is 5.38. The molecular formula is C23H32BrN3O2. The van der Waals surface area contributed by atoms with Crippen LogP contribution in [0.5, 0.6) is 0 Å². The summed E-state index contributed by atoms with van der Waals surface area (Å²) in [5.74, 6) is 0. The van der Waals surface area contributed by atoms with Crippen LogP contribution in [0.2, 0.25) is 0 Å². The summed E-state index contributed by atoms with van der Waals surface area (Å²) in [5.41, 5.74) is 2.30. The summed E-state index contributed by atoms with van der Waals surface area (Å²) in [6.45, 7) is 9.66. The van der Waals surface area contributed by atoms with Gasteiger partial charge in [-0.3, -0.25) is 0 Å². The van der Waals surface area contributed by atoms with Gasteiger partial charge in [-0.05, 0) is 92.3 Å². The molecule has 0 unspecified atom stereocenters. The molecule has 1 saturated carbocycles. The molecule has 2 aliphatic rings. The number of fused-ring (bicyclic) bond motifs is 1. The zero-order chi connectivity index (χ0) is 20.8. The molecule has 1 aliphatic heterocycles. The van der Waals surface area contributed by atoms with Gasteiger partial charge in [-0.25, -0.2) is 9.78 Å². The number of likely N-dealkylation sites (tertiary alicyclic amines) is 1. The van der Waals surface area contributed by atoms with Crippen molar-refractivity contribution in [1.29, 1.82) is 0 Å². The molecule has 2 fully saturated rings. The van der Waals surface area contributed by atoms with E-state index < -0.39 is 5.60 Å². The van der Waals surface area contributed by atoms with E-state index in [1.807, 2.05) is 31.9 Å². The van der Waals surface area contributed by atoms with Crippen molar-refractivity contribution in [2.75, 3.05) is 13.1 Å². The van der Waals surface area contributed by atoms with E-state index in [1.54, 1.807) is 0 Å². The highest BCUT2D eigenvalue weighted by molar-refractivity contribution is 9.10. The van der Waals surface area contributed by atoms with Crippen molar-refractivity contribution in [1.82, 2.24) is 14.5 Å². The molecule has 158 valence electrons. The Kier molecular flexibility index (Phi) is 5.43. The van der Waals surface area contributed by atoms with Crippen LogP contribution in [0.25, 0.3) is 11.0 Å². The number of ether oxygens (including phenoxy) is 1. The zero-order valence-corrected chi connectivity index (χ0v) is 19.6. The maximum atomic E-state index is 12.5. The molecule has 0 atom stereocenters. The maximum absolute atomic E-state index is 12.5. The zero-order valence-electron chi connectivity index (χ0n) is 18.0. The number of carbonyl (C=O) groups excluding carboxylic acids is 1. The molecule has 1 aliphatic carbocycles. The van der Waals surface area contributed by atoms with Crippen LogP contribution >= 0.6 is 15.9 Å². The molecule has 0 N–H and O–H groups in total. The number of aryl methyl sites for hydroxylation is 1. The summed E-state index contributed by atoms with van der Waals surface area (Å²) in [5, 5.41) is 1.26. The Balaban J connectivity index is 1.45. The van der Waals surface area contributed by atoms with Crippen LogP contribution < -0.4 is 0 Å². The quantitative estimate of drug-likeness (QED) is 0.542. The third-order valence-corrected chi connectivity index (χ3v) is 7.03. The van der Waals surface area contributed by atoms with Gasteiger partial charge in [-0.15, -0.1) is 0 Å². The van der Waals surface area contributed by atoms with E-state index in [4.69, 9.17) is 9.72 Å². The number of nitrogens with zero attached hydrogens (tertiary/aromatic N) is 3. The highest BCUT2D eigenvalue weighted by atomic mass is 79.9. The molecule has 1 amide bonds. The van der Waals surface area contributed by atoms with E-state index in [0.29, 0.717) is 6.04 Å². The van der Waals surface area contributed by atoms with Gasteiger partial charge < -0.3 is 14.2 Å². The molecule has 2 aromatic rings. The van der Waals surface area contributed by atoms with Crippen LogP contribution in [-0.4, -0.2) is 39.2 Å². The van der Waals surface area contributed by atoms with Gasteiger partial charge in [0.2, 0.25) is 0 Å². The minimum absolute atomic E-state index is 0.157. The monoisotopic (exact) mass is 461 g/mol. The smallest absolute Gasteiger partial charge is 0.410 e. The summed E-state index contributed by atoms with van der Waals surface area (Å²) in [7, 11) is 0. The average molecular weight is 462 g/mol. The second kappa shape index (κ2) is 7.60. The van der Waals surface area contributed by atoms with Gasteiger partial charge in [0, 0.05) is 41.4 Å². The van der Waals surface area contributed by atoms with Crippen LogP contribution in [0.15, 0.2) is 22.9 Å². The number of hydrogen-bond donors (Lipinski definition) is 0. The number of amides is 1. The number of rotatable bonds is 2. The van der Waals surface area contributed by atoms with E-state index >= 15 is 0 Å². The predicted molar refractivity (Wildman–Crippen MR) is 119 cm³/mol. The Morgan fingerprint density at radius 2 is 2.03 bits per heavy atom. The molecule has 5 nitrogen and oxygen atoms in total. The van der Waals surface area contributed by atoms with Crippen LogP contribution in [0, 0.1) is 5.41 Å². The van der Waals surface area contributed by atoms with Gasteiger partial charge in [0.05, 0.1) is 0 Å². The molecule has 0 radical (unpaired) electrons. The SMILES string of the molecule is CCc1cn(C2CCC3(CC2)CCN(C(=O)OC(C)(C)C)C3)c2ncc(Br)cc12. The Labute approximate surface area is 181 Å². The van der Waals surface area contributed by atoms with E-state index in [-0.39, 0.29) is 11.5 Å². The van der Waals surface area contributed by atoms with E-state index in [2.05, 4.69) is 39.7 Å². The second-order valence-corrected chi connectivity index (χ2v) is 10.7. The first-order chi connectivity index (χ1) is 13.7. The third kappa shape index (κ3) is 4.18. The van der Waals surface area contributed by atoms with E-state index in [0.717, 1.165) is 61.7 Å². The lowest BCUT2D eigenvalue weighted by Gasteiger charge is -2.38. The number of halogens is 1. The second-order valence-electron chi connectivity index (χ2n) is 9.82. The molecule has 6 heteroatoms. The van der Waals surface area contributed by atoms with Gasteiger partial charge in [-0.1, -0.05) is 6.92 Å². The first-order valence-corrected chi connectivity index (χ1v) is 11.6. The summed E-state index contributed by atoms with van der Waals surface area (Å²) < 4.78 is 9.04. The lowest BCUT2D eigenvalue weighted by Crippen LogP contribution is -2.38. The first-order valence-electron chi connectivity index (χ1n) is 10.8. The van der Waals surface area contributed by atoms with E-state index in [9.17, 15) is 4.79 Å². The standard InChI is InChI=1S/C23H32BrN3O2/c1-5-16-14-27(20-19(16)12-17(24)13-25-20)18-6-8-23(9-7-18)10-11-26(15-23)21(28)29-22(2,3)4/h12-14,18H,5-11,15H2,1-4H3. The minimum atomic E-state index is -0.432. The molecule has 2 aromatic heterocycles. The number of carbonyl (C=O) groups is 1. The molecule has 1 spiro atoms. The molecule has 0 bridgehead atoms. The summed E-state index contributed by atoms with van der Waals surface area (Å²) >= 11 is 3.56. The molecule has 3 heterocycles. The summed E-state index contributed by atoms with van der Waals surface area (Å²) in [6, 6.07) is 2.69. The van der Waals surface area contributed by atoms with Crippen LogP contribution in [0.1, 0.15) is 71.4 Å². The predicted octanol–water partition coefficient (Wildman–Crippen LogP) is 6.10. The van der Waals surface area contributed by atoms with Gasteiger partial charge >= 0.3 is 6.09 Å². The Hall–Kier alpha value is -1.56. The van der Waals surface area contributed by atoms with Crippen LogP contribution in [-0.2, 0) is 11.2 Å². The number of pyridine rings is 1. The van der Waals surface area contributed by atoms with Gasteiger partial charge in [0.15, 0.2) is 0 Å². The highest BCUT2D eigenvalue weighted by Gasteiger charge is 2.43. The fraction of sp³-hybridized carbons (Fsp3) is 0.652. The van der Waals surface area contributed by atoms with Gasteiger partial charge in [-0.2, -0.15) is 0 Å². The van der Waals surface area contributed by atoms with Crippen molar-refractivity contribution in [3.63, 3.8) is 0 Å². The number of hydrogen-bond acceptors (Lipinski definition) is 3. The van der Waals surface area contributed by atoms with Gasteiger partial charge in [0.25, 0.3) is 0 Å². The van der Waals surface area contributed by atoms with Crippen molar-refractivity contribution in [3.05, 3.63) is 28.5 Å². The maximum Gasteiger partial charge on any atom is 0.410 e. The number of aromatic nitrogens is 2. The lowest BCUT2D eigenvalue weighted by atomic mass is 9.72. The van der Waals surface area contributed by atoms with Crippen molar-refractivity contribution >= 4 is 33.1 Å². The molecular weight excluding hydrogens is 430 g/mol. The molecule has 0 aromatic carbocycles. The Morgan fingerprint density at radius 3 is 2.69 bits per heavy atom. The van der Waals surface area contributed by atoms with Crippen molar-refractivity contribution in [2.24, 2.45) is 5.41 Å². The fourth-order valence-electron chi connectivity index (χ4n) is 5.05. The molecule has 29 heavy (non-hydrogen) atoms. The largest absolute Gasteiger partial charge is 0.444 e. The minimum Gasteiger partial charge on any atom is -0.444 e. The van der Waals surface area contributed by atoms with Crippen molar-refractivity contribution in [2.45, 2.75) is 77.9 Å². The summed E-state index contributed by atoms with van der Waals surface area (Å²) in [4.78, 5) is 19.1. The Morgan fingerprint density at radius 1 is 1.31 bits per heavy atom. The normalized spacial score (nSPS) is 25.1. The average Bonchev–Trinajstić information content (AvgIpc) is 3.23. The van der Waals surface area contributed by atoms with Crippen molar-refractivity contribution < 1.29 is 9.53 Å². The third-order valence-electron chi connectivity index (χ3n) is 6.60.